The number of rotatable bonds is 4. The Kier molecular flexibility index (Phi) is 5.30. The number of halogens is 1. The van der Waals surface area contributed by atoms with Crippen LogP contribution in [0.2, 0.25) is 0 Å². The number of nitrogens with zero attached hydrogens (tertiary/aromatic N) is 3. The fourth-order valence-corrected chi connectivity index (χ4v) is 3.58. The first-order valence-corrected chi connectivity index (χ1v) is 8.53. The second-order valence-electron chi connectivity index (χ2n) is 6.55. The summed E-state index contributed by atoms with van der Waals surface area (Å²) in [5.74, 6) is -1.22. The Hall–Kier alpha value is -1.73. The summed E-state index contributed by atoms with van der Waals surface area (Å²) in [5, 5.41) is 6.92. The Labute approximate surface area is 141 Å². The number of hydrogen-bond donors (Lipinski definition) is 1. The number of aryl methyl sites for hydroxylation is 1. The van der Waals surface area contributed by atoms with Crippen molar-refractivity contribution in [2.45, 2.75) is 37.8 Å². The molecule has 1 amide bonds. The molecule has 6 nitrogen and oxygen atoms in total. The highest BCUT2D eigenvalue weighted by Gasteiger charge is 2.34. The number of likely N-dealkylation sites (N-methyl/N-ethyl adjacent to an activating group) is 1. The molecule has 0 radical (unpaired) electrons. The van der Waals surface area contributed by atoms with Gasteiger partial charge in [0.05, 0.1) is 24.4 Å². The lowest BCUT2D eigenvalue weighted by Gasteiger charge is -2.39. The third-order valence-corrected chi connectivity index (χ3v) is 4.95. The summed E-state index contributed by atoms with van der Waals surface area (Å²) in [6.45, 7) is 1.67. The van der Waals surface area contributed by atoms with Crippen LogP contribution in [0.4, 0.5) is 4.39 Å². The van der Waals surface area contributed by atoms with Crippen molar-refractivity contribution in [1.82, 2.24) is 20.0 Å². The van der Waals surface area contributed by atoms with E-state index in [4.69, 9.17) is 4.74 Å². The molecule has 7 heteroatoms. The molecule has 1 aliphatic carbocycles. The maximum Gasteiger partial charge on any atom is 0.280 e. The van der Waals surface area contributed by atoms with Crippen molar-refractivity contribution in [3.05, 3.63) is 29.4 Å². The van der Waals surface area contributed by atoms with Crippen LogP contribution in [0.3, 0.4) is 0 Å². The molecule has 2 fully saturated rings. The van der Waals surface area contributed by atoms with E-state index in [1.165, 1.54) is 0 Å². The Morgan fingerprint density at radius 2 is 2.17 bits per heavy atom. The zero-order valence-corrected chi connectivity index (χ0v) is 14.3. The van der Waals surface area contributed by atoms with Crippen LogP contribution in [0.15, 0.2) is 23.7 Å². The van der Waals surface area contributed by atoms with Crippen molar-refractivity contribution in [3.8, 4) is 0 Å². The van der Waals surface area contributed by atoms with Gasteiger partial charge in [-0.3, -0.25) is 14.4 Å². The van der Waals surface area contributed by atoms with Crippen molar-refractivity contribution < 1.29 is 13.9 Å². The van der Waals surface area contributed by atoms with E-state index in [0.29, 0.717) is 25.0 Å². The number of nitrogens with one attached hydrogen (secondary N) is 1. The number of morpholine rings is 1. The van der Waals surface area contributed by atoms with E-state index < -0.39 is 11.7 Å². The first-order chi connectivity index (χ1) is 11.6. The van der Waals surface area contributed by atoms with Crippen LogP contribution in [-0.2, 0) is 16.6 Å². The number of amides is 1. The van der Waals surface area contributed by atoms with Crippen LogP contribution >= 0.6 is 0 Å². The third-order valence-electron chi connectivity index (χ3n) is 4.95. The van der Waals surface area contributed by atoms with Crippen molar-refractivity contribution in [2.75, 3.05) is 26.7 Å². The normalized spacial score (nSPS) is 25.0. The number of hydrogen-bond acceptors (Lipinski definition) is 4. The lowest BCUT2D eigenvalue weighted by Crippen LogP contribution is -2.49. The molecule has 0 unspecified atom stereocenters. The molecule has 0 aromatic carbocycles. The average molecular weight is 336 g/mol. The first kappa shape index (κ1) is 17.1. The molecule has 2 atom stereocenters. The Balaban J connectivity index is 1.67. The maximum atomic E-state index is 14.2. The maximum absolute atomic E-state index is 14.2. The number of allylic oxidation sites excluding steroid dienone is 1. The average Bonchev–Trinajstić information content (AvgIpc) is 3.24. The van der Waals surface area contributed by atoms with Gasteiger partial charge in [-0.05, 0) is 44.4 Å². The minimum Gasteiger partial charge on any atom is -0.373 e. The zero-order chi connectivity index (χ0) is 17.1. The van der Waals surface area contributed by atoms with Crippen LogP contribution in [0.5, 0.6) is 0 Å². The van der Waals surface area contributed by atoms with Gasteiger partial charge < -0.3 is 10.1 Å². The molecule has 1 aromatic rings. The summed E-state index contributed by atoms with van der Waals surface area (Å²) in [6.07, 6.45) is 4.84. The predicted octanol–water partition coefficient (Wildman–Crippen LogP) is 1.71. The zero-order valence-electron chi connectivity index (χ0n) is 14.3. The standard InChI is InChI=1S/C17H25FN4O2/c1-21-9-10-24-14(16(21)13-7-8-20-22(13)2)11-19-17(23)15(18)12-5-3-4-6-12/h7-8,14,16H,3-6,9-11H2,1-2H3,(H,19,23)/t14-,16-/m0/s1. The lowest BCUT2D eigenvalue weighted by atomic mass is 10.0. The van der Waals surface area contributed by atoms with Crippen LogP contribution in [-0.4, -0.2) is 53.4 Å². The minimum atomic E-state index is -0.618. The van der Waals surface area contributed by atoms with Gasteiger partial charge in [0.1, 0.15) is 0 Å². The van der Waals surface area contributed by atoms with Gasteiger partial charge in [-0.25, -0.2) is 4.39 Å². The largest absolute Gasteiger partial charge is 0.373 e. The highest BCUT2D eigenvalue weighted by Crippen LogP contribution is 2.29. The molecular formula is C17H25FN4O2. The van der Waals surface area contributed by atoms with E-state index in [1.54, 1.807) is 6.20 Å². The fraction of sp³-hybridized carbons (Fsp3) is 0.647. The van der Waals surface area contributed by atoms with Crippen LogP contribution in [0.25, 0.3) is 0 Å². The van der Waals surface area contributed by atoms with Gasteiger partial charge in [0, 0.05) is 26.3 Å². The molecule has 1 saturated carbocycles. The molecule has 24 heavy (non-hydrogen) atoms. The molecule has 1 aromatic heterocycles. The van der Waals surface area contributed by atoms with Crippen molar-refractivity contribution >= 4 is 5.91 Å². The molecule has 132 valence electrons. The van der Waals surface area contributed by atoms with E-state index in [1.807, 2.05) is 24.8 Å². The second-order valence-corrected chi connectivity index (χ2v) is 6.55. The van der Waals surface area contributed by atoms with Gasteiger partial charge in [0.25, 0.3) is 5.91 Å². The quantitative estimate of drug-likeness (QED) is 0.851. The molecule has 1 saturated heterocycles. The van der Waals surface area contributed by atoms with Gasteiger partial charge in [-0.2, -0.15) is 5.10 Å². The topological polar surface area (TPSA) is 59.4 Å². The van der Waals surface area contributed by atoms with Crippen LogP contribution in [0.1, 0.15) is 37.4 Å². The Morgan fingerprint density at radius 1 is 1.42 bits per heavy atom. The molecular weight excluding hydrogens is 311 g/mol. The number of carbonyl (C=O) groups is 1. The number of carbonyl (C=O) groups excluding carboxylic acids is 1. The molecule has 0 spiro atoms. The molecule has 2 aliphatic rings. The Bertz CT molecular complexity index is 620. The summed E-state index contributed by atoms with van der Waals surface area (Å²) in [7, 11) is 3.91. The molecule has 1 aliphatic heterocycles. The lowest BCUT2D eigenvalue weighted by molar-refractivity contribution is -0.121. The van der Waals surface area contributed by atoms with E-state index in [0.717, 1.165) is 25.1 Å². The summed E-state index contributed by atoms with van der Waals surface area (Å²) < 4.78 is 21.8. The smallest absolute Gasteiger partial charge is 0.280 e. The highest BCUT2D eigenvalue weighted by atomic mass is 19.1. The van der Waals surface area contributed by atoms with E-state index >= 15 is 0 Å². The number of aromatic nitrogens is 2. The van der Waals surface area contributed by atoms with Crippen molar-refractivity contribution in [2.24, 2.45) is 7.05 Å². The second kappa shape index (κ2) is 7.44. The van der Waals surface area contributed by atoms with E-state index in [9.17, 15) is 9.18 Å². The van der Waals surface area contributed by atoms with Gasteiger partial charge in [0.2, 0.25) is 0 Å². The number of ether oxygens (including phenoxy) is 1. The molecule has 1 N–H and O–H groups in total. The van der Waals surface area contributed by atoms with E-state index in [2.05, 4.69) is 15.3 Å². The van der Waals surface area contributed by atoms with Crippen LogP contribution < -0.4 is 5.32 Å². The molecule has 2 heterocycles. The minimum absolute atomic E-state index is 0.0197. The van der Waals surface area contributed by atoms with Crippen molar-refractivity contribution in [3.63, 3.8) is 0 Å². The van der Waals surface area contributed by atoms with Gasteiger partial charge in [-0.15, -0.1) is 0 Å². The fourth-order valence-electron chi connectivity index (χ4n) is 3.58. The van der Waals surface area contributed by atoms with Gasteiger partial charge in [0.15, 0.2) is 5.83 Å². The summed E-state index contributed by atoms with van der Waals surface area (Å²) in [6, 6.07) is 1.93. The van der Waals surface area contributed by atoms with Crippen molar-refractivity contribution in [1.29, 1.82) is 0 Å². The monoisotopic (exact) mass is 336 g/mol. The SMILES string of the molecule is CN1CCO[C@@H](CNC(=O)C(F)=C2CCCC2)[C@@H]1c1ccnn1C. The third kappa shape index (κ3) is 3.52. The highest BCUT2D eigenvalue weighted by molar-refractivity contribution is 5.92. The first-order valence-electron chi connectivity index (χ1n) is 8.53. The van der Waals surface area contributed by atoms with E-state index in [-0.39, 0.29) is 18.7 Å². The summed E-state index contributed by atoms with van der Waals surface area (Å²) in [4.78, 5) is 14.3. The van der Waals surface area contributed by atoms with Gasteiger partial charge >= 0.3 is 0 Å². The predicted molar refractivity (Wildman–Crippen MR) is 87.9 cm³/mol. The molecule has 3 rings (SSSR count). The van der Waals surface area contributed by atoms with Gasteiger partial charge in [-0.1, -0.05) is 0 Å². The molecule has 0 bridgehead atoms. The van der Waals surface area contributed by atoms with Crippen LogP contribution in [0, 0.1) is 0 Å². The summed E-state index contributed by atoms with van der Waals surface area (Å²) >= 11 is 0. The summed E-state index contributed by atoms with van der Waals surface area (Å²) in [5.41, 5.74) is 1.67. The Morgan fingerprint density at radius 3 is 2.83 bits per heavy atom.